The van der Waals surface area contributed by atoms with Crippen LogP contribution in [0.3, 0.4) is 0 Å². The van der Waals surface area contributed by atoms with E-state index in [1.54, 1.807) is 6.20 Å². The SMILES string of the molecule is Cc1cccc(-c2cncc(OCC3(CNC(=O)O)CC3)c2)c1. The van der Waals surface area contributed by atoms with Gasteiger partial charge < -0.3 is 15.2 Å². The highest BCUT2D eigenvalue weighted by molar-refractivity contribution is 5.65. The summed E-state index contributed by atoms with van der Waals surface area (Å²) in [5.74, 6) is 0.714. The lowest BCUT2D eigenvalue weighted by molar-refractivity contribution is 0.184. The Labute approximate surface area is 135 Å². The standard InChI is InChI=1S/C18H20N2O3/c1-13-3-2-4-14(7-13)15-8-16(10-19-9-15)23-12-18(5-6-18)11-20-17(21)22/h2-4,7-10,20H,5-6,11-12H2,1H3,(H,21,22). The Hall–Kier alpha value is -2.56. The van der Waals surface area contributed by atoms with Crippen LogP contribution in [0.5, 0.6) is 5.75 Å². The number of rotatable bonds is 6. The fraction of sp³-hybridized carbons (Fsp3) is 0.333. The first-order valence-corrected chi connectivity index (χ1v) is 7.68. The van der Waals surface area contributed by atoms with Crippen LogP contribution in [0.4, 0.5) is 4.79 Å². The van der Waals surface area contributed by atoms with Gasteiger partial charge >= 0.3 is 6.09 Å². The topological polar surface area (TPSA) is 71.5 Å². The van der Waals surface area contributed by atoms with Crippen molar-refractivity contribution in [3.05, 3.63) is 48.3 Å². The van der Waals surface area contributed by atoms with Gasteiger partial charge in [0.25, 0.3) is 0 Å². The summed E-state index contributed by atoms with van der Waals surface area (Å²) >= 11 is 0. The number of hydrogen-bond donors (Lipinski definition) is 2. The fourth-order valence-electron chi connectivity index (χ4n) is 2.53. The molecule has 120 valence electrons. The number of benzene rings is 1. The Balaban J connectivity index is 1.65. The van der Waals surface area contributed by atoms with Crippen molar-refractivity contribution >= 4 is 6.09 Å². The number of ether oxygens (including phenoxy) is 1. The lowest BCUT2D eigenvalue weighted by Gasteiger charge is -2.16. The molecule has 1 saturated carbocycles. The number of hydrogen-bond acceptors (Lipinski definition) is 3. The number of nitrogens with one attached hydrogen (secondary N) is 1. The molecule has 0 aliphatic heterocycles. The molecule has 1 aliphatic rings. The van der Waals surface area contributed by atoms with Crippen LogP contribution in [0.15, 0.2) is 42.7 Å². The minimum absolute atomic E-state index is 0.0578. The minimum atomic E-state index is -0.987. The lowest BCUT2D eigenvalue weighted by atomic mass is 10.1. The Morgan fingerprint density at radius 1 is 1.30 bits per heavy atom. The summed E-state index contributed by atoms with van der Waals surface area (Å²) in [6, 6.07) is 10.2. The van der Waals surface area contributed by atoms with E-state index < -0.39 is 6.09 Å². The van der Waals surface area contributed by atoms with Gasteiger partial charge in [0.2, 0.25) is 0 Å². The first kappa shape index (κ1) is 15.3. The molecule has 0 radical (unpaired) electrons. The van der Waals surface area contributed by atoms with Crippen molar-refractivity contribution in [1.29, 1.82) is 0 Å². The van der Waals surface area contributed by atoms with E-state index in [2.05, 4.69) is 29.4 Å². The molecule has 5 nitrogen and oxygen atoms in total. The van der Waals surface area contributed by atoms with Crippen molar-refractivity contribution in [2.45, 2.75) is 19.8 Å². The van der Waals surface area contributed by atoms with Crippen molar-refractivity contribution in [2.24, 2.45) is 5.41 Å². The van der Waals surface area contributed by atoms with Gasteiger partial charge in [0.15, 0.2) is 0 Å². The zero-order valence-electron chi connectivity index (χ0n) is 13.1. The summed E-state index contributed by atoms with van der Waals surface area (Å²) in [5, 5.41) is 11.2. The van der Waals surface area contributed by atoms with Crippen molar-refractivity contribution in [2.75, 3.05) is 13.2 Å². The highest BCUT2D eigenvalue weighted by Crippen LogP contribution is 2.45. The van der Waals surface area contributed by atoms with E-state index in [0.717, 1.165) is 24.0 Å². The van der Waals surface area contributed by atoms with Crippen LogP contribution in [0.25, 0.3) is 11.1 Å². The molecule has 1 aromatic carbocycles. The third-order valence-electron chi connectivity index (χ3n) is 4.18. The van der Waals surface area contributed by atoms with Crippen LogP contribution in [0, 0.1) is 12.3 Å². The van der Waals surface area contributed by atoms with Gasteiger partial charge in [0, 0.05) is 23.7 Å². The second kappa shape index (κ2) is 6.28. The second-order valence-electron chi connectivity index (χ2n) is 6.23. The minimum Gasteiger partial charge on any atom is -0.491 e. The summed E-state index contributed by atoms with van der Waals surface area (Å²) in [7, 11) is 0. The van der Waals surface area contributed by atoms with E-state index in [-0.39, 0.29) is 5.41 Å². The Morgan fingerprint density at radius 2 is 2.13 bits per heavy atom. The van der Waals surface area contributed by atoms with Gasteiger partial charge in [0.1, 0.15) is 5.75 Å². The van der Waals surface area contributed by atoms with Crippen LogP contribution in [-0.2, 0) is 0 Å². The molecule has 0 bridgehead atoms. The first-order valence-electron chi connectivity index (χ1n) is 7.68. The average molecular weight is 312 g/mol. The van der Waals surface area contributed by atoms with Gasteiger partial charge in [-0.25, -0.2) is 4.79 Å². The smallest absolute Gasteiger partial charge is 0.404 e. The third kappa shape index (κ3) is 4.00. The molecule has 0 atom stereocenters. The molecular weight excluding hydrogens is 292 g/mol. The number of carbonyl (C=O) groups is 1. The molecular formula is C18H20N2O3. The van der Waals surface area contributed by atoms with Gasteiger partial charge in [-0.05, 0) is 31.4 Å². The number of nitrogens with zero attached hydrogens (tertiary/aromatic N) is 1. The Morgan fingerprint density at radius 3 is 2.83 bits per heavy atom. The van der Waals surface area contributed by atoms with Crippen molar-refractivity contribution in [1.82, 2.24) is 10.3 Å². The zero-order valence-corrected chi connectivity index (χ0v) is 13.1. The molecule has 0 spiro atoms. The lowest BCUT2D eigenvalue weighted by Crippen LogP contribution is -2.31. The number of aryl methyl sites for hydroxylation is 1. The van der Waals surface area contributed by atoms with E-state index in [1.165, 1.54) is 5.56 Å². The van der Waals surface area contributed by atoms with E-state index >= 15 is 0 Å². The Bertz CT molecular complexity index is 711. The summed E-state index contributed by atoms with van der Waals surface area (Å²) in [4.78, 5) is 14.9. The largest absolute Gasteiger partial charge is 0.491 e. The summed E-state index contributed by atoms with van der Waals surface area (Å²) < 4.78 is 5.86. The second-order valence-corrected chi connectivity index (χ2v) is 6.23. The summed E-state index contributed by atoms with van der Waals surface area (Å²) in [6.07, 6.45) is 4.50. The molecule has 2 N–H and O–H groups in total. The molecule has 1 fully saturated rings. The summed E-state index contributed by atoms with van der Waals surface area (Å²) in [5.41, 5.74) is 3.26. The maximum absolute atomic E-state index is 10.6. The van der Waals surface area contributed by atoms with Gasteiger partial charge in [0.05, 0.1) is 12.8 Å². The van der Waals surface area contributed by atoms with Crippen molar-refractivity contribution in [3.63, 3.8) is 0 Å². The molecule has 1 amide bonds. The number of aromatic nitrogens is 1. The van der Waals surface area contributed by atoms with E-state index in [4.69, 9.17) is 9.84 Å². The number of pyridine rings is 1. The zero-order chi connectivity index (χ0) is 16.3. The Kier molecular flexibility index (Phi) is 4.19. The van der Waals surface area contributed by atoms with Crippen molar-refractivity contribution in [3.8, 4) is 16.9 Å². The van der Waals surface area contributed by atoms with Crippen molar-refractivity contribution < 1.29 is 14.6 Å². The molecule has 5 heteroatoms. The molecule has 2 aromatic rings. The predicted octanol–water partition coefficient (Wildman–Crippen LogP) is 3.48. The number of amides is 1. The first-order chi connectivity index (χ1) is 11.1. The highest BCUT2D eigenvalue weighted by Gasteiger charge is 2.43. The fourth-order valence-corrected chi connectivity index (χ4v) is 2.53. The van der Waals surface area contributed by atoms with Crippen LogP contribution in [0.2, 0.25) is 0 Å². The molecule has 0 saturated heterocycles. The quantitative estimate of drug-likeness (QED) is 0.856. The maximum atomic E-state index is 10.6. The molecule has 1 aliphatic carbocycles. The molecule has 0 unspecified atom stereocenters. The predicted molar refractivity (Wildman–Crippen MR) is 87.6 cm³/mol. The summed E-state index contributed by atoms with van der Waals surface area (Å²) in [6.45, 7) is 3.00. The number of carboxylic acid groups (broad SMARTS) is 1. The van der Waals surface area contributed by atoms with Crippen LogP contribution >= 0.6 is 0 Å². The monoisotopic (exact) mass is 312 g/mol. The normalized spacial score (nSPS) is 15.0. The van der Waals surface area contributed by atoms with Crippen LogP contribution < -0.4 is 10.1 Å². The molecule has 3 rings (SSSR count). The van der Waals surface area contributed by atoms with E-state index in [0.29, 0.717) is 18.9 Å². The van der Waals surface area contributed by atoms with E-state index in [1.807, 2.05) is 24.4 Å². The van der Waals surface area contributed by atoms with Crippen LogP contribution in [-0.4, -0.2) is 29.3 Å². The van der Waals surface area contributed by atoms with Gasteiger partial charge in [-0.15, -0.1) is 0 Å². The van der Waals surface area contributed by atoms with Gasteiger partial charge in [-0.3, -0.25) is 4.98 Å². The molecule has 1 heterocycles. The molecule has 23 heavy (non-hydrogen) atoms. The maximum Gasteiger partial charge on any atom is 0.404 e. The van der Waals surface area contributed by atoms with Gasteiger partial charge in [-0.1, -0.05) is 29.8 Å². The highest BCUT2D eigenvalue weighted by atomic mass is 16.5. The van der Waals surface area contributed by atoms with Gasteiger partial charge in [-0.2, -0.15) is 0 Å². The third-order valence-corrected chi connectivity index (χ3v) is 4.18. The van der Waals surface area contributed by atoms with Crippen LogP contribution in [0.1, 0.15) is 18.4 Å². The molecule has 1 aromatic heterocycles. The average Bonchev–Trinajstić information content (AvgIpc) is 3.32. The van der Waals surface area contributed by atoms with E-state index in [9.17, 15) is 4.79 Å².